The van der Waals surface area contributed by atoms with Crippen molar-refractivity contribution >= 4 is 16.7 Å². The largest absolute Gasteiger partial charge is 0.462 e. The van der Waals surface area contributed by atoms with E-state index >= 15 is 0 Å². The van der Waals surface area contributed by atoms with Gasteiger partial charge in [-0.3, -0.25) is 4.79 Å². The summed E-state index contributed by atoms with van der Waals surface area (Å²) in [6, 6.07) is 22.3. The van der Waals surface area contributed by atoms with Crippen molar-refractivity contribution < 1.29 is 28.8 Å². The topological polar surface area (TPSA) is 86.3 Å². The Bertz CT molecular complexity index is 1080. The van der Waals surface area contributed by atoms with Crippen LogP contribution in [0.3, 0.4) is 0 Å². The molecule has 6 atom stereocenters. The number of fused-ring (bicyclic) bond motifs is 2. The van der Waals surface area contributed by atoms with Gasteiger partial charge in [-0.2, -0.15) is 0 Å². The summed E-state index contributed by atoms with van der Waals surface area (Å²) in [7, 11) is 0. The number of carbonyl (C=O) groups is 1. The highest BCUT2D eigenvalue weighted by atomic mass is 16.7. The molecule has 2 heterocycles. The summed E-state index contributed by atoms with van der Waals surface area (Å²) in [6.45, 7) is 1.62. The van der Waals surface area contributed by atoms with E-state index in [-0.39, 0.29) is 12.5 Å². The average molecular weight is 435 g/mol. The van der Waals surface area contributed by atoms with Crippen molar-refractivity contribution in [2.45, 2.75) is 43.9 Å². The molecule has 0 spiro atoms. The van der Waals surface area contributed by atoms with Crippen LogP contribution in [0.1, 0.15) is 18.8 Å². The van der Waals surface area contributed by atoms with Crippen LogP contribution in [0.2, 0.25) is 0 Å². The number of hydrogen-bond donors (Lipinski definition) is 2. The van der Waals surface area contributed by atoms with Crippen molar-refractivity contribution in [3.8, 4) is 5.75 Å². The maximum Gasteiger partial charge on any atom is 0.223 e. The minimum atomic E-state index is -1.05. The van der Waals surface area contributed by atoms with Gasteiger partial charge in [0, 0.05) is 17.9 Å². The van der Waals surface area contributed by atoms with Gasteiger partial charge in [0.05, 0.1) is 6.61 Å². The van der Waals surface area contributed by atoms with E-state index in [4.69, 9.17) is 18.9 Å². The molecule has 166 valence electrons. The third kappa shape index (κ3) is 4.08. The fourth-order valence-electron chi connectivity index (χ4n) is 4.28. The Morgan fingerprint density at radius 2 is 1.75 bits per heavy atom. The predicted octanol–water partition coefficient (Wildman–Crippen LogP) is 2.92. The van der Waals surface area contributed by atoms with Gasteiger partial charge < -0.3 is 29.4 Å². The fourth-order valence-corrected chi connectivity index (χ4v) is 4.28. The number of aliphatic hydroxyl groups excluding tert-OH is 1. The number of hydrogen-bond acceptors (Lipinski definition) is 6. The third-order valence-corrected chi connectivity index (χ3v) is 5.80. The van der Waals surface area contributed by atoms with Gasteiger partial charge in [-0.1, -0.05) is 66.7 Å². The fraction of sp³-hybridized carbons (Fsp3) is 0.320. The highest BCUT2D eigenvalue weighted by Crippen LogP contribution is 2.36. The van der Waals surface area contributed by atoms with Gasteiger partial charge in [-0.25, -0.2) is 0 Å². The quantitative estimate of drug-likeness (QED) is 0.656. The Labute approximate surface area is 185 Å². The van der Waals surface area contributed by atoms with Crippen molar-refractivity contribution in [3.63, 3.8) is 0 Å². The first-order chi connectivity index (χ1) is 15.6. The van der Waals surface area contributed by atoms with Gasteiger partial charge in [0.2, 0.25) is 12.2 Å². The zero-order chi connectivity index (χ0) is 22.1. The molecule has 2 saturated heterocycles. The summed E-state index contributed by atoms with van der Waals surface area (Å²) in [5.74, 6) is 0.309. The number of nitrogens with one attached hydrogen (secondary N) is 1. The zero-order valence-electron chi connectivity index (χ0n) is 17.6. The van der Waals surface area contributed by atoms with Crippen molar-refractivity contribution in [2.75, 3.05) is 6.61 Å². The first kappa shape index (κ1) is 20.9. The van der Waals surface area contributed by atoms with Crippen molar-refractivity contribution in [2.24, 2.45) is 0 Å². The molecule has 0 aliphatic carbocycles. The van der Waals surface area contributed by atoms with E-state index in [1.165, 1.54) is 6.92 Å². The molecule has 0 aromatic heterocycles. The van der Waals surface area contributed by atoms with Gasteiger partial charge in [0.15, 0.2) is 6.29 Å². The van der Waals surface area contributed by atoms with E-state index in [2.05, 4.69) is 5.32 Å². The van der Waals surface area contributed by atoms with Crippen LogP contribution in [-0.4, -0.2) is 48.3 Å². The van der Waals surface area contributed by atoms with E-state index in [1.54, 1.807) is 0 Å². The molecule has 2 fully saturated rings. The van der Waals surface area contributed by atoms with E-state index in [0.29, 0.717) is 5.75 Å². The number of carbonyl (C=O) groups excluding carboxylic acids is 1. The van der Waals surface area contributed by atoms with Crippen LogP contribution in [0.5, 0.6) is 5.75 Å². The smallest absolute Gasteiger partial charge is 0.223 e. The molecule has 2 aliphatic heterocycles. The summed E-state index contributed by atoms with van der Waals surface area (Å²) in [5, 5.41) is 15.9. The van der Waals surface area contributed by atoms with Gasteiger partial charge in [0.25, 0.3) is 0 Å². The second-order valence-electron chi connectivity index (χ2n) is 8.03. The first-order valence-corrected chi connectivity index (χ1v) is 10.7. The minimum Gasteiger partial charge on any atom is -0.462 e. The summed E-state index contributed by atoms with van der Waals surface area (Å²) in [4.78, 5) is 11.9. The summed E-state index contributed by atoms with van der Waals surface area (Å²) < 4.78 is 24.3. The van der Waals surface area contributed by atoms with Crippen LogP contribution in [0.4, 0.5) is 0 Å². The Morgan fingerprint density at radius 3 is 2.56 bits per heavy atom. The van der Waals surface area contributed by atoms with E-state index in [1.807, 2.05) is 72.8 Å². The van der Waals surface area contributed by atoms with Crippen LogP contribution in [0, 0.1) is 0 Å². The number of ether oxygens (including phenoxy) is 4. The lowest BCUT2D eigenvalue weighted by atomic mass is 9.95. The number of aliphatic hydroxyl groups is 1. The summed E-state index contributed by atoms with van der Waals surface area (Å²) in [6.07, 6.45) is -3.81. The average Bonchev–Trinajstić information content (AvgIpc) is 2.82. The Kier molecular flexibility index (Phi) is 5.80. The molecule has 6 unspecified atom stereocenters. The second-order valence-corrected chi connectivity index (χ2v) is 8.03. The van der Waals surface area contributed by atoms with Crippen molar-refractivity contribution in [1.82, 2.24) is 5.32 Å². The molecule has 7 heteroatoms. The maximum absolute atomic E-state index is 11.9. The third-order valence-electron chi connectivity index (χ3n) is 5.80. The van der Waals surface area contributed by atoms with Gasteiger partial charge in [0.1, 0.15) is 30.1 Å². The minimum absolute atomic E-state index is 0.226. The molecule has 1 amide bonds. The number of rotatable bonds is 4. The molecule has 2 N–H and O–H groups in total. The number of benzene rings is 3. The lowest BCUT2D eigenvalue weighted by Gasteiger charge is -2.47. The Morgan fingerprint density at radius 1 is 1.00 bits per heavy atom. The first-order valence-electron chi connectivity index (χ1n) is 10.7. The molecule has 2 aliphatic rings. The standard InChI is InChI=1S/C25H25NO6/c1-15(27)26-21-22(28)23-20(14-29-24(32-23)17-9-3-2-4-10-17)31-25(21)30-19-13-7-11-16-8-5-6-12-18(16)19/h2-13,20-25,28H,14H2,1H3,(H,26,27). The monoisotopic (exact) mass is 435 g/mol. The SMILES string of the molecule is CC(=O)NC1C(Oc2cccc3ccccc23)OC2COC(c3ccccc3)OC2C1O. The van der Waals surface area contributed by atoms with Gasteiger partial charge in [-0.05, 0) is 11.5 Å². The maximum atomic E-state index is 11.9. The van der Waals surface area contributed by atoms with E-state index in [9.17, 15) is 9.90 Å². The van der Waals surface area contributed by atoms with E-state index < -0.39 is 36.9 Å². The van der Waals surface area contributed by atoms with Crippen LogP contribution in [0.25, 0.3) is 10.8 Å². The summed E-state index contributed by atoms with van der Waals surface area (Å²) >= 11 is 0. The van der Waals surface area contributed by atoms with Crippen LogP contribution >= 0.6 is 0 Å². The zero-order valence-corrected chi connectivity index (χ0v) is 17.6. The molecular weight excluding hydrogens is 410 g/mol. The Balaban J connectivity index is 1.40. The summed E-state index contributed by atoms with van der Waals surface area (Å²) in [5.41, 5.74) is 0.850. The molecule has 0 saturated carbocycles. The molecule has 3 aromatic rings. The molecule has 3 aromatic carbocycles. The number of amides is 1. The van der Waals surface area contributed by atoms with Crippen molar-refractivity contribution in [1.29, 1.82) is 0 Å². The van der Waals surface area contributed by atoms with Crippen LogP contribution in [0.15, 0.2) is 72.8 Å². The normalized spacial score (nSPS) is 29.8. The van der Waals surface area contributed by atoms with Gasteiger partial charge >= 0.3 is 0 Å². The predicted molar refractivity (Wildman–Crippen MR) is 117 cm³/mol. The van der Waals surface area contributed by atoms with Gasteiger partial charge in [-0.15, -0.1) is 0 Å². The molecule has 5 rings (SSSR count). The second kappa shape index (κ2) is 8.88. The molecule has 0 bridgehead atoms. The lowest BCUT2D eigenvalue weighted by Crippen LogP contribution is -2.67. The molecule has 7 nitrogen and oxygen atoms in total. The highest BCUT2D eigenvalue weighted by molar-refractivity contribution is 5.88. The molecule has 32 heavy (non-hydrogen) atoms. The van der Waals surface area contributed by atoms with Crippen LogP contribution < -0.4 is 10.1 Å². The Hall–Kier alpha value is -2.97. The molecule has 0 radical (unpaired) electrons. The van der Waals surface area contributed by atoms with Crippen LogP contribution in [-0.2, 0) is 19.0 Å². The van der Waals surface area contributed by atoms with Crippen molar-refractivity contribution in [3.05, 3.63) is 78.4 Å². The lowest BCUT2D eigenvalue weighted by molar-refractivity contribution is -0.333. The highest BCUT2D eigenvalue weighted by Gasteiger charge is 2.50. The molecular formula is C25H25NO6. The van der Waals surface area contributed by atoms with E-state index in [0.717, 1.165) is 16.3 Å².